The lowest BCUT2D eigenvalue weighted by Gasteiger charge is -2.16. The number of anilines is 2. The molecule has 0 radical (unpaired) electrons. The number of rotatable bonds is 4. The molecule has 0 spiro atoms. The molecular weight excluding hydrogens is 270 g/mol. The van der Waals surface area contributed by atoms with Crippen LogP contribution in [0.3, 0.4) is 0 Å². The highest BCUT2D eigenvalue weighted by Gasteiger charge is 2.20. The van der Waals surface area contributed by atoms with Crippen molar-refractivity contribution in [2.75, 3.05) is 37.5 Å². The summed E-state index contributed by atoms with van der Waals surface area (Å²) in [6.07, 6.45) is 5.48. The molecule has 0 bridgehead atoms. The maximum absolute atomic E-state index is 5.23. The first-order valence-corrected chi connectivity index (χ1v) is 6.86. The van der Waals surface area contributed by atoms with Crippen LogP contribution in [0.4, 0.5) is 11.9 Å². The van der Waals surface area contributed by atoms with Gasteiger partial charge in [0.2, 0.25) is 17.8 Å². The molecule has 21 heavy (non-hydrogen) atoms. The van der Waals surface area contributed by atoms with E-state index in [1.807, 2.05) is 0 Å². The number of methoxy groups -OCH3 is 1. The molecule has 1 aliphatic rings. The van der Waals surface area contributed by atoms with Gasteiger partial charge in [-0.1, -0.05) is 0 Å². The van der Waals surface area contributed by atoms with Crippen molar-refractivity contribution in [1.29, 1.82) is 0 Å². The van der Waals surface area contributed by atoms with Gasteiger partial charge in [0.05, 0.1) is 7.11 Å². The molecule has 0 amide bonds. The summed E-state index contributed by atoms with van der Waals surface area (Å²) in [6.45, 7) is 1.93. The summed E-state index contributed by atoms with van der Waals surface area (Å²) >= 11 is 0. The zero-order chi connectivity index (χ0) is 14.7. The highest BCUT2D eigenvalue weighted by molar-refractivity contribution is 5.59. The van der Waals surface area contributed by atoms with Crippen molar-refractivity contribution in [3.63, 3.8) is 0 Å². The maximum atomic E-state index is 5.23. The largest absolute Gasteiger partial charge is 0.479 e. The number of nitrogens with one attached hydrogen (secondary N) is 1. The molecule has 0 saturated carbocycles. The molecule has 1 fully saturated rings. The second-order valence-corrected chi connectivity index (χ2v) is 4.64. The lowest BCUT2D eigenvalue weighted by Crippen LogP contribution is -2.21. The molecule has 0 unspecified atom stereocenters. The standard InChI is InChI=1S/C13H17N7O/c1-14-12-17-10(9-11(21-2)16-6-5-15-9)18-13(19-12)20-7-3-4-8-20/h5-6H,3-4,7-8H2,1-2H3,(H,14,17,18,19). The SMILES string of the molecule is CNc1nc(-c2nccnc2OC)nc(N2CCCC2)n1. The van der Waals surface area contributed by atoms with Crippen LogP contribution in [0.25, 0.3) is 11.5 Å². The van der Waals surface area contributed by atoms with Crippen molar-refractivity contribution in [2.45, 2.75) is 12.8 Å². The van der Waals surface area contributed by atoms with E-state index < -0.39 is 0 Å². The fourth-order valence-electron chi connectivity index (χ4n) is 2.27. The molecule has 0 aromatic carbocycles. The van der Waals surface area contributed by atoms with Crippen molar-refractivity contribution in [3.05, 3.63) is 12.4 Å². The van der Waals surface area contributed by atoms with E-state index in [1.54, 1.807) is 26.6 Å². The monoisotopic (exact) mass is 287 g/mol. The molecular formula is C13H17N7O. The first kappa shape index (κ1) is 13.5. The summed E-state index contributed by atoms with van der Waals surface area (Å²) in [5, 5.41) is 2.96. The Labute approximate surface area is 122 Å². The Morgan fingerprint density at radius 3 is 2.57 bits per heavy atom. The van der Waals surface area contributed by atoms with E-state index in [-0.39, 0.29) is 0 Å². The summed E-state index contributed by atoms with van der Waals surface area (Å²) in [4.78, 5) is 23.9. The summed E-state index contributed by atoms with van der Waals surface area (Å²) in [5.41, 5.74) is 0.513. The second kappa shape index (κ2) is 5.86. The van der Waals surface area contributed by atoms with Crippen LogP contribution in [0.5, 0.6) is 5.88 Å². The van der Waals surface area contributed by atoms with Crippen LogP contribution in [-0.4, -0.2) is 52.2 Å². The van der Waals surface area contributed by atoms with Gasteiger partial charge >= 0.3 is 0 Å². The van der Waals surface area contributed by atoms with E-state index in [9.17, 15) is 0 Å². The van der Waals surface area contributed by atoms with Crippen LogP contribution < -0.4 is 15.0 Å². The summed E-state index contributed by atoms with van der Waals surface area (Å²) < 4.78 is 5.23. The predicted molar refractivity (Wildman–Crippen MR) is 78.4 cm³/mol. The van der Waals surface area contributed by atoms with Gasteiger partial charge in [0.15, 0.2) is 11.5 Å². The summed E-state index contributed by atoms with van der Waals surface area (Å²) in [7, 11) is 3.33. The zero-order valence-electron chi connectivity index (χ0n) is 12.1. The summed E-state index contributed by atoms with van der Waals surface area (Å²) in [5.74, 6) is 2.03. The van der Waals surface area contributed by atoms with Crippen LogP contribution >= 0.6 is 0 Å². The third-order valence-electron chi connectivity index (χ3n) is 3.31. The van der Waals surface area contributed by atoms with Crippen LogP contribution in [0.1, 0.15) is 12.8 Å². The first-order valence-electron chi connectivity index (χ1n) is 6.86. The van der Waals surface area contributed by atoms with Gasteiger partial charge in [0, 0.05) is 32.5 Å². The van der Waals surface area contributed by atoms with Gasteiger partial charge < -0.3 is 15.0 Å². The number of hydrogen-bond donors (Lipinski definition) is 1. The number of nitrogens with zero attached hydrogens (tertiary/aromatic N) is 6. The Balaban J connectivity index is 2.06. The molecule has 1 aliphatic heterocycles. The van der Waals surface area contributed by atoms with Gasteiger partial charge in [-0.25, -0.2) is 9.97 Å². The van der Waals surface area contributed by atoms with Crippen molar-refractivity contribution in [1.82, 2.24) is 24.9 Å². The first-order chi connectivity index (χ1) is 10.3. The Morgan fingerprint density at radius 2 is 1.86 bits per heavy atom. The topological polar surface area (TPSA) is 89.0 Å². The zero-order valence-corrected chi connectivity index (χ0v) is 12.1. The van der Waals surface area contributed by atoms with E-state index in [4.69, 9.17) is 4.74 Å². The van der Waals surface area contributed by atoms with Gasteiger partial charge in [0.25, 0.3) is 0 Å². The van der Waals surface area contributed by atoms with Crippen molar-refractivity contribution >= 4 is 11.9 Å². The molecule has 1 saturated heterocycles. The Bertz CT molecular complexity index is 628. The molecule has 8 heteroatoms. The minimum atomic E-state index is 0.401. The Hall–Kier alpha value is -2.51. The van der Waals surface area contributed by atoms with Crippen LogP contribution in [0.2, 0.25) is 0 Å². The quantitative estimate of drug-likeness (QED) is 0.890. The third kappa shape index (κ3) is 2.69. The second-order valence-electron chi connectivity index (χ2n) is 4.64. The fourth-order valence-corrected chi connectivity index (χ4v) is 2.27. The lowest BCUT2D eigenvalue weighted by molar-refractivity contribution is 0.397. The molecule has 0 aliphatic carbocycles. The van der Waals surface area contributed by atoms with Crippen LogP contribution in [0, 0.1) is 0 Å². The predicted octanol–water partition coefficient (Wildman–Crippen LogP) is 0.979. The smallest absolute Gasteiger partial charge is 0.243 e. The minimum absolute atomic E-state index is 0.401. The molecule has 2 aromatic rings. The molecule has 3 heterocycles. The number of aromatic nitrogens is 5. The Morgan fingerprint density at radius 1 is 1.10 bits per heavy atom. The van der Waals surface area contributed by atoms with Crippen LogP contribution in [-0.2, 0) is 0 Å². The van der Waals surface area contributed by atoms with E-state index in [1.165, 1.54) is 0 Å². The van der Waals surface area contributed by atoms with Gasteiger partial charge in [-0.15, -0.1) is 0 Å². The third-order valence-corrected chi connectivity index (χ3v) is 3.31. The molecule has 8 nitrogen and oxygen atoms in total. The van der Waals surface area contributed by atoms with Crippen molar-refractivity contribution in [3.8, 4) is 17.4 Å². The van der Waals surface area contributed by atoms with Gasteiger partial charge in [-0.2, -0.15) is 15.0 Å². The average molecular weight is 287 g/mol. The maximum Gasteiger partial charge on any atom is 0.243 e. The molecule has 3 rings (SSSR count). The minimum Gasteiger partial charge on any atom is -0.479 e. The van der Waals surface area contributed by atoms with Gasteiger partial charge in [-0.05, 0) is 12.8 Å². The van der Waals surface area contributed by atoms with Gasteiger partial charge in [-0.3, -0.25) is 0 Å². The number of hydrogen-bond acceptors (Lipinski definition) is 8. The molecule has 1 N–H and O–H groups in total. The Kier molecular flexibility index (Phi) is 3.76. The van der Waals surface area contributed by atoms with E-state index in [0.717, 1.165) is 25.9 Å². The van der Waals surface area contributed by atoms with Crippen molar-refractivity contribution in [2.24, 2.45) is 0 Å². The van der Waals surface area contributed by atoms with E-state index in [2.05, 4.69) is 35.1 Å². The average Bonchev–Trinajstić information content (AvgIpc) is 3.09. The number of ether oxygens (including phenoxy) is 1. The molecule has 110 valence electrons. The lowest BCUT2D eigenvalue weighted by atomic mass is 10.4. The normalized spacial score (nSPS) is 14.3. The van der Waals surface area contributed by atoms with Crippen LogP contribution in [0.15, 0.2) is 12.4 Å². The highest BCUT2D eigenvalue weighted by atomic mass is 16.5. The van der Waals surface area contributed by atoms with E-state index >= 15 is 0 Å². The van der Waals surface area contributed by atoms with E-state index in [0.29, 0.717) is 29.3 Å². The fraction of sp³-hybridized carbons (Fsp3) is 0.462. The molecule has 2 aromatic heterocycles. The highest BCUT2D eigenvalue weighted by Crippen LogP contribution is 2.25. The van der Waals surface area contributed by atoms with Crippen molar-refractivity contribution < 1.29 is 4.74 Å². The van der Waals surface area contributed by atoms with Gasteiger partial charge in [0.1, 0.15) is 0 Å². The summed E-state index contributed by atoms with van der Waals surface area (Å²) in [6, 6.07) is 0. The molecule has 0 atom stereocenters.